The van der Waals surface area contributed by atoms with E-state index in [-0.39, 0.29) is 17.6 Å². The number of thioether (sulfide) groups is 1. The van der Waals surface area contributed by atoms with Gasteiger partial charge in [0.2, 0.25) is 22.9 Å². The van der Waals surface area contributed by atoms with Crippen LogP contribution in [0, 0.1) is 0 Å². The minimum absolute atomic E-state index is 0.0438. The van der Waals surface area contributed by atoms with Crippen molar-refractivity contribution < 1.29 is 9.32 Å². The standard InChI is InChI=1S/C12H19N7O2S/c1-3-5-9-14-8(18-21-9)6-19(4-2)10(20)7-22-12-15-11(13)16-17-12/h3-7H2,1-2H3,(H3,13,15,16,17). The molecule has 0 radical (unpaired) electrons. The first-order valence-electron chi connectivity index (χ1n) is 7.02. The van der Waals surface area contributed by atoms with E-state index >= 15 is 0 Å². The van der Waals surface area contributed by atoms with Gasteiger partial charge in [-0.25, -0.2) is 5.10 Å². The lowest BCUT2D eigenvalue weighted by atomic mass is 10.3. The van der Waals surface area contributed by atoms with Gasteiger partial charge in [-0.2, -0.15) is 9.97 Å². The molecule has 2 rings (SSSR count). The summed E-state index contributed by atoms with van der Waals surface area (Å²) in [5.41, 5.74) is 5.44. The van der Waals surface area contributed by atoms with Crippen LogP contribution in [0.4, 0.5) is 5.95 Å². The van der Waals surface area contributed by atoms with E-state index in [1.54, 1.807) is 4.90 Å². The van der Waals surface area contributed by atoms with Crippen LogP contribution in [-0.2, 0) is 17.8 Å². The fourth-order valence-corrected chi connectivity index (χ4v) is 2.47. The Kier molecular flexibility index (Phi) is 5.75. The van der Waals surface area contributed by atoms with Crippen LogP contribution in [-0.4, -0.2) is 48.4 Å². The number of rotatable bonds is 8. The summed E-state index contributed by atoms with van der Waals surface area (Å²) in [6.07, 6.45) is 1.68. The molecule has 0 saturated carbocycles. The maximum Gasteiger partial charge on any atom is 0.233 e. The Morgan fingerprint density at radius 1 is 1.41 bits per heavy atom. The van der Waals surface area contributed by atoms with E-state index in [2.05, 4.69) is 25.3 Å². The predicted octanol–water partition coefficient (Wildman–Crippen LogP) is 0.863. The predicted molar refractivity (Wildman–Crippen MR) is 80.9 cm³/mol. The summed E-state index contributed by atoms with van der Waals surface area (Å²) in [5.74, 6) is 1.54. The van der Waals surface area contributed by atoms with Crippen LogP contribution >= 0.6 is 11.8 Å². The molecule has 2 aromatic rings. The van der Waals surface area contributed by atoms with E-state index < -0.39 is 0 Å². The number of nitrogens with zero attached hydrogens (tertiary/aromatic N) is 5. The Bertz CT molecular complexity index is 612. The number of carbonyl (C=O) groups excluding carboxylic acids is 1. The third-order valence-electron chi connectivity index (χ3n) is 2.85. The first kappa shape index (κ1) is 16.3. The summed E-state index contributed by atoms with van der Waals surface area (Å²) in [6, 6.07) is 0. The molecule has 1 amide bonds. The van der Waals surface area contributed by atoms with Crippen LogP contribution in [0.3, 0.4) is 0 Å². The van der Waals surface area contributed by atoms with Crippen molar-refractivity contribution in [1.82, 2.24) is 30.2 Å². The third kappa shape index (κ3) is 4.45. The molecule has 2 aromatic heterocycles. The number of aromatic amines is 1. The first-order chi connectivity index (χ1) is 10.6. The fourth-order valence-electron chi connectivity index (χ4n) is 1.76. The number of aryl methyl sites for hydroxylation is 1. The smallest absolute Gasteiger partial charge is 0.233 e. The largest absolute Gasteiger partial charge is 0.368 e. The molecule has 0 saturated heterocycles. The Balaban J connectivity index is 1.87. The van der Waals surface area contributed by atoms with Gasteiger partial charge in [0.25, 0.3) is 0 Å². The number of nitrogen functional groups attached to an aromatic ring is 1. The summed E-state index contributed by atoms with van der Waals surface area (Å²) in [6.45, 7) is 4.84. The lowest BCUT2D eigenvalue weighted by molar-refractivity contribution is -0.128. The molecule has 0 aliphatic carbocycles. The zero-order chi connectivity index (χ0) is 15.9. The zero-order valence-electron chi connectivity index (χ0n) is 12.6. The molecule has 3 N–H and O–H groups in total. The molecule has 120 valence electrons. The van der Waals surface area contributed by atoms with E-state index in [9.17, 15) is 4.79 Å². The number of nitrogens with one attached hydrogen (secondary N) is 1. The number of amides is 1. The molecule has 2 heterocycles. The highest BCUT2D eigenvalue weighted by Gasteiger charge is 2.16. The van der Waals surface area contributed by atoms with E-state index in [1.807, 2.05) is 13.8 Å². The SMILES string of the molecule is CCCc1nc(CN(CC)C(=O)CSc2n[nH]c(N)n2)no1. The number of aromatic nitrogens is 5. The van der Waals surface area contributed by atoms with Gasteiger partial charge in [-0.1, -0.05) is 23.8 Å². The molecule has 0 atom stereocenters. The van der Waals surface area contributed by atoms with Crippen LogP contribution in [0.5, 0.6) is 0 Å². The van der Waals surface area contributed by atoms with E-state index in [1.165, 1.54) is 11.8 Å². The number of anilines is 1. The van der Waals surface area contributed by atoms with Gasteiger partial charge in [0.1, 0.15) is 0 Å². The number of hydrogen-bond acceptors (Lipinski definition) is 8. The normalized spacial score (nSPS) is 10.8. The van der Waals surface area contributed by atoms with Gasteiger partial charge < -0.3 is 15.2 Å². The minimum Gasteiger partial charge on any atom is -0.368 e. The monoisotopic (exact) mass is 325 g/mol. The van der Waals surface area contributed by atoms with Crippen molar-refractivity contribution >= 4 is 23.6 Å². The molecular weight excluding hydrogens is 306 g/mol. The van der Waals surface area contributed by atoms with Crippen molar-refractivity contribution in [2.75, 3.05) is 18.0 Å². The van der Waals surface area contributed by atoms with Gasteiger partial charge in [0.05, 0.1) is 12.3 Å². The van der Waals surface area contributed by atoms with Crippen LogP contribution in [0.2, 0.25) is 0 Å². The van der Waals surface area contributed by atoms with E-state index in [0.29, 0.717) is 30.0 Å². The quantitative estimate of drug-likeness (QED) is 0.684. The highest BCUT2D eigenvalue weighted by atomic mass is 32.2. The van der Waals surface area contributed by atoms with Crippen LogP contribution in [0.1, 0.15) is 32.0 Å². The third-order valence-corrected chi connectivity index (χ3v) is 3.68. The lowest BCUT2D eigenvalue weighted by Gasteiger charge is -2.18. The van der Waals surface area contributed by atoms with Gasteiger partial charge in [0.15, 0.2) is 5.82 Å². The molecule has 0 aromatic carbocycles. The van der Waals surface area contributed by atoms with Crippen molar-refractivity contribution in [3.05, 3.63) is 11.7 Å². The second kappa shape index (κ2) is 7.78. The van der Waals surface area contributed by atoms with Crippen molar-refractivity contribution in [2.45, 2.75) is 38.4 Å². The molecule has 9 nitrogen and oxygen atoms in total. The van der Waals surface area contributed by atoms with Crippen LogP contribution in [0.25, 0.3) is 0 Å². The molecule has 0 fully saturated rings. The van der Waals surface area contributed by atoms with Crippen molar-refractivity contribution in [2.24, 2.45) is 0 Å². The van der Waals surface area contributed by atoms with Gasteiger partial charge in [0, 0.05) is 13.0 Å². The molecular formula is C12H19N7O2S. The van der Waals surface area contributed by atoms with Gasteiger partial charge in [-0.05, 0) is 13.3 Å². The summed E-state index contributed by atoms with van der Waals surface area (Å²) >= 11 is 1.23. The summed E-state index contributed by atoms with van der Waals surface area (Å²) < 4.78 is 5.12. The fraction of sp³-hybridized carbons (Fsp3) is 0.583. The Morgan fingerprint density at radius 2 is 2.23 bits per heavy atom. The average Bonchev–Trinajstić information content (AvgIpc) is 3.12. The maximum atomic E-state index is 12.2. The van der Waals surface area contributed by atoms with Crippen molar-refractivity contribution in [1.29, 1.82) is 0 Å². The second-order valence-electron chi connectivity index (χ2n) is 4.55. The summed E-state index contributed by atoms with van der Waals surface area (Å²) in [5, 5.41) is 10.7. The van der Waals surface area contributed by atoms with Crippen molar-refractivity contribution in [3.8, 4) is 0 Å². The number of H-pyrrole nitrogens is 1. The Labute approximate surface area is 132 Å². The zero-order valence-corrected chi connectivity index (χ0v) is 13.4. The van der Waals surface area contributed by atoms with Gasteiger partial charge in [-0.15, -0.1) is 5.10 Å². The van der Waals surface area contributed by atoms with Gasteiger partial charge >= 0.3 is 0 Å². The molecule has 0 spiro atoms. The average molecular weight is 325 g/mol. The lowest BCUT2D eigenvalue weighted by Crippen LogP contribution is -2.32. The highest BCUT2D eigenvalue weighted by Crippen LogP contribution is 2.14. The first-order valence-corrected chi connectivity index (χ1v) is 8.00. The van der Waals surface area contributed by atoms with Gasteiger partial charge in [-0.3, -0.25) is 4.79 Å². The molecule has 0 aliphatic heterocycles. The Morgan fingerprint density at radius 3 is 2.86 bits per heavy atom. The summed E-state index contributed by atoms with van der Waals surface area (Å²) in [7, 11) is 0. The minimum atomic E-state index is -0.0438. The second-order valence-corrected chi connectivity index (χ2v) is 5.50. The number of carbonyl (C=O) groups is 1. The Hall–Kier alpha value is -2.10. The molecule has 22 heavy (non-hydrogen) atoms. The van der Waals surface area contributed by atoms with Crippen molar-refractivity contribution in [3.63, 3.8) is 0 Å². The number of hydrogen-bond donors (Lipinski definition) is 2. The molecule has 0 bridgehead atoms. The molecule has 0 unspecified atom stereocenters. The van der Waals surface area contributed by atoms with E-state index in [4.69, 9.17) is 10.3 Å². The van der Waals surface area contributed by atoms with Crippen LogP contribution in [0.15, 0.2) is 9.68 Å². The van der Waals surface area contributed by atoms with Crippen LogP contribution < -0.4 is 5.73 Å². The number of nitrogens with two attached hydrogens (primary N) is 1. The molecule has 10 heteroatoms. The maximum absolute atomic E-state index is 12.2. The molecule has 0 aliphatic rings. The summed E-state index contributed by atoms with van der Waals surface area (Å²) in [4.78, 5) is 22.1. The topological polar surface area (TPSA) is 127 Å². The highest BCUT2D eigenvalue weighted by molar-refractivity contribution is 7.99. The van der Waals surface area contributed by atoms with E-state index in [0.717, 1.165) is 12.8 Å².